The molecule has 6 heteroatoms. The molecule has 0 spiro atoms. The van der Waals surface area contributed by atoms with Crippen molar-refractivity contribution in [3.63, 3.8) is 0 Å². The monoisotopic (exact) mass is 364 g/mol. The third kappa shape index (κ3) is 4.15. The third-order valence-corrected chi connectivity index (χ3v) is 5.29. The average Bonchev–Trinajstić information content (AvgIpc) is 2.63. The second kappa shape index (κ2) is 7.75. The summed E-state index contributed by atoms with van der Waals surface area (Å²) in [7, 11) is 0. The summed E-state index contributed by atoms with van der Waals surface area (Å²) < 4.78 is 5.62. The smallest absolute Gasteiger partial charge is 0.253 e. The second-order valence-corrected chi connectivity index (χ2v) is 7.52. The SMILES string of the molecule is CC1CN(C(=O)C2CCCN(C(=O)c3ccc(Cl)cc3)C2)C(C)CO1. The van der Waals surface area contributed by atoms with E-state index in [4.69, 9.17) is 16.3 Å². The molecule has 2 amide bonds. The number of nitrogens with zero attached hydrogens (tertiary/aromatic N) is 2. The summed E-state index contributed by atoms with van der Waals surface area (Å²) in [5, 5.41) is 0.610. The fourth-order valence-electron chi connectivity index (χ4n) is 3.58. The summed E-state index contributed by atoms with van der Waals surface area (Å²) in [6.07, 6.45) is 1.75. The Labute approximate surface area is 153 Å². The first kappa shape index (κ1) is 18.2. The van der Waals surface area contributed by atoms with Gasteiger partial charge in [-0.3, -0.25) is 9.59 Å². The topological polar surface area (TPSA) is 49.9 Å². The first-order valence-electron chi connectivity index (χ1n) is 8.92. The summed E-state index contributed by atoms with van der Waals surface area (Å²) in [5.74, 6) is -0.00781. The molecule has 0 saturated carbocycles. The number of carbonyl (C=O) groups excluding carboxylic acids is 2. The van der Waals surface area contributed by atoms with E-state index in [-0.39, 0.29) is 29.9 Å². The molecule has 3 atom stereocenters. The van der Waals surface area contributed by atoms with Gasteiger partial charge in [-0.25, -0.2) is 0 Å². The number of rotatable bonds is 2. The zero-order valence-electron chi connectivity index (χ0n) is 14.8. The Morgan fingerprint density at radius 3 is 2.60 bits per heavy atom. The van der Waals surface area contributed by atoms with Crippen molar-refractivity contribution in [2.75, 3.05) is 26.2 Å². The molecule has 0 aromatic heterocycles. The Bertz CT molecular complexity index is 634. The largest absolute Gasteiger partial charge is 0.375 e. The molecule has 0 N–H and O–H groups in total. The molecule has 1 aromatic rings. The molecule has 1 aromatic carbocycles. The summed E-state index contributed by atoms with van der Waals surface area (Å²) >= 11 is 5.89. The number of hydrogen-bond donors (Lipinski definition) is 0. The molecule has 2 aliphatic heterocycles. The molecule has 2 heterocycles. The number of hydrogen-bond acceptors (Lipinski definition) is 3. The normalized spacial score (nSPS) is 27.2. The van der Waals surface area contributed by atoms with Crippen LogP contribution in [0.1, 0.15) is 37.0 Å². The van der Waals surface area contributed by atoms with E-state index >= 15 is 0 Å². The van der Waals surface area contributed by atoms with Gasteiger partial charge in [-0.2, -0.15) is 0 Å². The van der Waals surface area contributed by atoms with Crippen molar-refractivity contribution in [2.45, 2.75) is 38.8 Å². The number of amides is 2. The lowest BCUT2D eigenvalue weighted by atomic mass is 9.95. The van der Waals surface area contributed by atoms with Crippen LogP contribution in [-0.2, 0) is 9.53 Å². The van der Waals surface area contributed by atoms with Crippen molar-refractivity contribution in [3.05, 3.63) is 34.9 Å². The average molecular weight is 365 g/mol. The van der Waals surface area contributed by atoms with Crippen LogP contribution in [0.15, 0.2) is 24.3 Å². The predicted octanol–water partition coefficient (Wildman–Crippen LogP) is 2.83. The Hall–Kier alpha value is -1.59. The van der Waals surface area contributed by atoms with E-state index in [2.05, 4.69) is 0 Å². The van der Waals surface area contributed by atoms with Gasteiger partial charge in [0.15, 0.2) is 0 Å². The fraction of sp³-hybridized carbons (Fsp3) is 0.579. The maximum Gasteiger partial charge on any atom is 0.253 e. The molecule has 2 fully saturated rings. The molecule has 2 aliphatic rings. The fourth-order valence-corrected chi connectivity index (χ4v) is 3.71. The van der Waals surface area contributed by atoms with Gasteiger partial charge in [0, 0.05) is 30.2 Å². The van der Waals surface area contributed by atoms with Crippen molar-refractivity contribution in [2.24, 2.45) is 5.92 Å². The second-order valence-electron chi connectivity index (χ2n) is 7.08. The van der Waals surface area contributed by atoms with Gasteiger partial charge in [-0.15, -0.1) is 0 Å². The highest BCUT2D eigenvalue weighted by atomic mass is 35.5. The Morgan fingerprint density at radius 2 is 1.88 bits per heavy atom. The van der Waals surface area contributed by atoms with Crippen LogP contribution in [0.2, 0.25) is 5.02 Å². The highest BCUT2D eigenvalue weighted by Crippen LogP contribution is 2.24. The van der Waals surface area contributed by atoms with Gasteiger partial charge in [-0.05, 0) is 51.0 Å². The van der Waals surface area contributed by atoms with Gasteiger partial charge in [0.1, 0.15) is 0 Å². The van der Waals surface area contributed by atoms with Crippen LogP contribution >= 0.6 is 11.6 Å². The number of piperidine rings is 1. The highest BCUT2D eigenvalue weighted by molar-refractivity contribution is 6.30. The minimum Gasteiger partial charge on any atom is -0.375 e. The van der Waals surface area contributed by atoms with Gasteiger partial charge in [0.05, 0.1) is 24.7 Å². The number of likely N-dealkylation sites (tertiary alicyclic amines) is 1. The number of benzene rings is 1. The van der Waals surface area contributed by atoms with Crippen LogP contribution in [-0.4, -0.2) is 60.0 Å². The minimum atomic E-state index is -0.127. The van der Waals surface area contributed by atoms with E-state index in [0.717, 1.165) is 12.8 Å². The molecule has 0 radical (unpaired) electrons. The predicted molar refractivity (Wildman–Crippen MR) is 96.7 cm³/mol. The molecular formula is C19H25ClN2O3. The molecule has 2 saturated heterocycles. The number of morpholine rings is 1. The Morgan fingerprint density at radius 1 is 1.16 bits per heavy atom. The number of halogens is 1. The molecule has 3 unspecified atom stereocenters. The lowest BCUT2D eigenvalue weighted by Crippen LogP contribution is -2.54. The van der Waals surface area contributed by atoms with Gasteiger partial charge < -0.3 is 14.5 Å². The van der Waals surface area contributed by atoms with Gasteiger partial charge in [0.2, 0.25) is 5.91 Å². The molecule has 0 aliphatic carbocycles. The van der Waals surface area contributed by atoms with Gasteiger partial charge in [-0.1, -0.05) is 11.6 Å². The van der Waals surface area contributed by atoms with Crippen LogP contribution in [0.3, 0.4) is 0 Å². The minimum absolute atomic E-state index is 0.0300. The number of carbonyl (C=O) groups is 2. The third-order valence-electron chi connectivity index (χ3n) is 5.04. The van der Waals surface area contributed by atoms with Crippen molar-refractivity contribution in [1.82, 2.24) is 9.80 Å². The van der Waals surface area contributed by atoms with Crippen molar-refractivity contribution >= 4 is 23.4 Å². The van der Waals surface area contributed by atoms with Crippen LogP contribution in [0.4, 0.5) is 0 Å². The van der Waals surface area contributed by atoms with E-state index in [0.29, 0.717) is 36.8 Å². The van der Waals surface area contributed by atoms with Crippen LogP contribution in [0.5, 0.6) is 0 Å². The molecular weight excluding hydrogens is 340 g/mol. The summed E-state index contributed by atoms with van der Waals surface area (Å²) in [5.41, 5.74) is 0.617. The molecule has 0 bridgehead atoms. The lowest BCUT2D eigenvalue weighted by Gasteiger charge is -2.41. The lowest BCUT2D eigenvalue weighted by molar-refractivity contribution is -0.149. The zero-order chi connectivity index (χ0) is 18.0. The van der Waals surface area contributed by atoms with Gasteiger partial charge in [0.25, 0.3) is 5.91 Å². The Kier molecular flexibility index (Phi) is 5.64. The first-order valence-corrected chi connectivity index (χ1v) is 9.30. The zero-order valence-corrected chi connectivity index (χ0v) is 15.5. The highest BCUT2D eigenvalue weighted by Gasteiger charge is 2.35. The van der Waals surface area contributed by atoms with E-state index in [1.165, 1.54) is 0 Å². The van der Waals surface area contributed by atoms with E-state index < -0.39 is 0 Å². The Balaban J connectivity index is 1.67. The van der Waals surface area contributed by atoms with Crippen molar-refractivity contribution in [1.29, 1.82) is 0 Å². The summed E-state index contributed by atoms with van der Waals surface area (Å²) in [4.78, 5) is 29.4. The van der Waals surface area contributed by atoms with Crippen LogP contribution in [0.25, 0.3) is 0 Å². The summed E-state index contributed by atoms with van der Waals surface area (Å²) in [6.45, 7) is 6.39. The van der Waals surface area contributed by atoms with E-state index in [1.807, 2.05) is 18.7 Å². The first-order chi connectivity index (χ1) is 12.0. The number of ether oxygens (including phenoxy) is 1. The summed E-state index contributed by atoms with van der Waals surface area (Å²) in [6, 6.07) is 7.01. The molecule has 136 valence electrons. The van der Waals surface area contributed by atoms with Crippen LogP contribution < -0.4 is 0 Å². The molecule has 3 rings (SSSR count). The maximum atomic E-state index is 13.0. The van der Waals surface area contributed by atoms with E-state index in [1.54, 1.807) is 29.2 Å². The van der Waals surface area contributed by atoms with E-state index in [9.17, 15) is 9.59 Å². The van der Waals surface area contributed by atoms with Gasteiger partial charge >= 0.3 is 0 Å². The molecule has 25 heavy (non-hydrogen) atoms. The maximum absolute atomic E-state index is 13.0. The van der Waals surface area contributed by atoms with Crippen molar-refractivity contribution < 1.29 is 14.3 Å². The standard InChI is InChI=1S/C19H25ClN2O3/c1-13-12-25-14(2)10-22(13)19(24)16-4-3-9-21(11-16)18(23)15-5-7-17(20)8-6-15/h5-8,13-14,16H,3-4,9-12H2,1-2H3. The molecule has 5 nitrogen and oxygen atoms in total. The quantitative estimate of drug-likeness (QED) is 0.810. The van der Waals surface area contributed by atoms with Crippen molar-refractivity contribution in [3.8, 4) is 0 Å². The van der Waals surface area contributed by atoms with Crippen LogP contribution in [0, 0.1) is 5.92 Å².